The summed E-state index contributed by atoms with van der Waals surface area (Å²) in [7, 11) is 3.23. The lowest BCUT2D eigenvalue weighted by molar-refractivity contribution is -0.209. The van der Waals surface area contributed by atoms with E-state index in [9.17, 15) is 14.4 Å². The third-order valence-electron chi connectivity index (χ3n) is 5.41. The minimum atomic E-state index is -0.849. The fraction of sp³-hybridized carbons (Fsp3) is 0.850. The Hall–Kier alpha value is -1.47. The van der Waals surface area contributed by atoms with E-state index >= 15 is 0 Å². The molecule has 0 heterocycles. The lowest BCUT2D eigenvalue weighted by atomic mass is 9.88. The van der Waals surface area contributed by atoms with Gasteiger partial charge in [-0.2, -0.15) is 0 Å². The molecule has 0 aromatic heterocycles. The Morgan fingerprint density at radius 3 is 1.89 bits per heavy atom. The van der Waals surface area contributed by atoms with Crippen LogP contribution in [0.15, 0.2) is 0 Å². The van der Waals surface area contributed by atoms with E-state index in [4.69, 9.17) is 19.3 Å². The molecule has 156 valence electrons. The topological polar surface area (TPSA) is 99.1 Å². The van der Waals surface area contributed by atoms with Gasteiger partial charge in [0.1, 0.15) is 11.4 Å². The molecule has 0 spiro atoms. The number of carboxylic acid groups (broad SMARTS) is 1. The maximum Gasteiger partial charge on any atom is 1.00 e. The summed E-state index contributed by atoms with van der Waals surface area (Å²) in [5.74, 6) is -1.57. The zero-order chi connectivity index (χ0) is 21.1. The van der Waals surface area contributed by atoms with E-state index in [0.717, 1.165) is 12.8 Å². The Labute approximate surface area is 163 Å². The number of carbonyl (C=O) groups excluding carboxylic acids is 2. The van der Waals surface area contributed by atoms with Crippen molar-refractivity contribution in [1.82, 2.24) is 0 Å². The molecule has 7 nitrogen and oxygen atoms in total. The van der Waals surface area contributed by atoms with Crippen LogP contribution < -0.4 is 0 Å². The van der Waals surface area contributed by atoms with Crippen LogP contribution in [0.1, 0.15) is 74.6 Å². The Morgan fingerprint density at radius 1 is 1.04 bits per heavy atom. The molecular weight excluding hydrogens is 352 g/mol. The molecule has 2 fully saturated rings. The highest BCUT2D eigenvalue weighted by molar-refractivity contribution is 5.89. The highest BCUT2D eigenvalue weighted by Crippen LogP contribution is 2.47. The molecule has 27 heavy (non-hydrogen) atoms. The largest absolute Gasteiger partial charge is 1.00 e. The summed E-state index contributed by atoms with van der Waals surface area (Å²) in [4.78, 5) is 33.4. The molecule has 0 aromatic carbocycles. The molecule has 2 aliphatic rings. The van der Waals surface area contributed by atoms with Gasteiger partial charge < -0.3 is 19.3 Å². The summed E-state index contributed by atoms with van der Waals surface area (Å²) in [6.45, 7) is 9.18. The highest BCUT2D eigenvalue weighted by atomic mass is 16.7. The fourth-order valence-electron chi connectivity index (χ4n) is 3.45. The molecule has 0 aromatic rings. The molecule has 2 atom stereocenters. The van der Waals surface area contributed by atoms with Crippen LogP contribution in [0.3, 0.4) is 0 Å². The Bertz CT molecular complexity index is 580. The fourth-order valence-corrected chi connectivity index (χ4v) is 3.45. The van der Waals surface area contributed by atoms with Crippen LogP contribution in [0.25, 0.3) is 0 Å². The molecule has 0 amide bonds. The van der Waals surface area contributed by atoms with E-state index in [2.05, 4.69) is 0 Å². The second-order valence-electron chi connectivity index (χ2n) is 9.14. The minimum Gasteiger partial charge on any atom is -0.481 e. The van der Waals surface area contributed by atoms with Crippen LogP contribution in [0.2, 0.25) is 0 Å². The minimum absolute atomic E-state index is 0. The summed E-state index contributed by atoms with van der Waals surface area (Å²) in [6.07, 6.45) is 3.13. The number of ketones is 1. The second kappa shape index (κ2) is 8.27. The van der Waals surface area contributed by atoms with Crippen molar-refractivity contribution in [3.63, 3.8) is 0 Å². The molecule has 0 saturated heterocycles. The summed E-state index contributed by atoms with van der Waals surface area (Å²) in [5.41, 5.74) is -1.73. The lowest BCUT2D eigenvalue weighted by Crippen LogP contribution is -2.37. The zero-order valence-corrected chi connectivity index (χ0v) is 17.6. The van der Waals surface area contributed by atoms with E-state index < -0.39 is 28.2 Å². The van der Waals surface area contributed by atoms with Crippen LogP contribution in [0.5, 0.6) is 0 Å². The molecular formula is C20H35O7+. The summed E-state index contributed by atoms with van der Waals surface area (Å²) in [5, 5.41) is 8.64. The quantitative estimate of drug-likeness (QED) is 0.582. The first kappa shape index (κ1) is 23.6. The third-order valence-corrected chi connectivity index (χ3v) is 5.41. The number of carboxylic acids is 1. The summed E-state index contributed by atoms with van der Waals surface area (Å²) < 4.78 is 16.2. The average molecular weight is 387 g/mol. The number of ether oxygens (including phenoxy) is 3. The number of aliphatic carboxylic acids is 1. The van der Waals surface area contributed by atoms with Gasteiger partial charge in [-0.3, -0.25) is 14.4 Å². The number of esters is 1. The van der Waals surface area contributed by atoms with Crippen molar-refractivity contribution in [2.24, 2.45) is 10.8 Å². The Kier molecular flexibility index (Phi) is 7.22. The van der Waals surface area contributed by atoms with Crippen LogP contribution in [-0.2, 0) is 28.6 Å². The first-order valence-electron chi connectivity index (χ1n) is 9.30. The van der Waals surface area contributed by atoms with Gasteiger partial charge in [-0.15, -0.1) is 0 Å². The first-order chi connectivity index (χ1) is 12.2. The van der Waals surface area contributed by atoms with Crippen molar-refractivity contribution in [1.29, 1.82) is 0 Å². The van der Waals surface area contributed by atoms with Crippen LogP contribution in [-0.4, -0.2) is 48.4 Å². The lowest BCUT2D eigenvalue weighted by Gasteiger charge is -2.30. The maximum atomic E-state index is 12.2. The molecule has 2 saturated carbocycles. The van der Waals surface area contributed by atoms with Gasteiger partial charge in [0.2, 0.25) is 0 Å². The Balaban J connectivity index is 0.000000567. The van der Waals surface area contributed by atoms with Gasteiger partial charge >= 0.3 is 13.4 Å². The monoisotopic (exact) mass is 387 g/mol. The summed E-state index contributed by atoms with van der Waals surface area (Å²) in [6, 6.07) is 0. The van der Waals surface area contributed by atoms with Gasteiger partial charge in [0.05, 0.1) is 10.8 Å². The van der Waals surface area contributed by atoms with Gasteiger partial charge in [-0.05, 0) is 47.5 Å². The number of rotatable bonds is 4. The van der Waals surface area contributed by atoms with Crippen molar-refractivity contribution in [2.75, 3.05) is 14.2 Å². The first-order valence-corrected chi connectivity index (χ1v) is 9.30. The van der Waals surface area contributed by atoms with Crippen molar-refractivity contribution in [3.8, 4) is 0 Å². The van der Waals surface area contributed by atoms with Gasteiger partial charge in [-0.1, -0.05) is 0 Å². The number of hydrogen-bond donors (Lipinski definition) is 1. The van der Waals surface area contributed by atoms with Crippen molar-refractivity contribution in [3.05, 3.63) is 0 Å². The van der Waals surface area contributed by atoms with Crippen LogP contribution in [0, 0.1) is 10.8 Å². The molecule has 0 aliphatic heterocycles. The van der Waals surface area contributed by atoms with Gasteiger partial charge in [0, 0.05) is 39.9 Å². The standard InChI is InChI=1S/C13H24O4.C7H10O3/c1-11(2,3)17-10(14)12(4)7-8-13(9-12,15-5)16-6;1-7(6(9)10)3-2-5(8)4-7/h7-9H2,1-6H3;2-4H2,1H3,(H,9,10)/p+1. The smallest absolute Gasteiger partial charge is 0.481 e. The van der Waals surface area contributed by atoms with E-state index in [-0.39, 0.29) is 19.6 Å². The van der Waals surface area contributed by atoms with Gasteiger partial charge in [-0.25, -0.2) is 0 Å². The second-order valence-corrected chi connectivity index (χ2v) is 9.14. The molecule has 2 aliphatic carbocycles. The predicted octanol–water partition coefficient (Wildman–Crippen LogP) is 3.45. The van der Waals surface area contributed by atoms with E-state index in [1.165, 1.54) is 0 Å². The van der Waals surface area contributed by atoms with Crippen molar-refractivity contribution in [2.45, 2.75) is 84.5 Å². The molecule has 2 rings (SSSR count). The normalized spacial score (nSPS) is 29.8. The van der Waals surface area contributed by atoms with Gasteiger partial charge in [0.25, 0.3) is 0 Å². The van der Waals surface area contributed by atoms with Crippen LogP contribution >= 0.6 is 0 Å². The van der Waals surface area contributed by atoms with E-state index in [0.29, 0.717) is 19.3 Å². The van der Waals surface area contributed by atoms with Crippen molar-refractivity contribution < 1.29 is 35.1 Å². The molecule has 1 N–H and O–H groups in total. The zero-order valence-electron chi connectivity index (χ0n) is 18.6. The Morgan fingerprint density at radius 2 is 1.59 bits per heavy atom. The van der Waals surface area contributed by atoms with Crippen molar-refractivity contribution >= 4 is 17.7 Å². The van der Waals surface area contributed by atoms with E-state index in [1.54, 1.807) is 21.1 Å². The highest BCUT2D eigenvalue weighted by Gasteiger charge is 2.52. The van der Waals surface area contributed by atoms with Crippen LogP contribution in [0.4, 0.5) is 0 Å². The molecule has 0 bridgehead atoms. The SMILES string of the molecule is CC1(C(=O)O)CCC(=O)C1.COC1(OC)CCC(C)(C(=O)OC(C)(C)C)C1.[H+]. The predicted molar refractivity (Wildman–Crippen MR) is 100 cm³/mol. The number of methoxy groups -OCH3 is 2. The number of hydrogen-bond acceptors (Lipinski definition) is 6. The number of carbonyl (C=O) groups is 3. The molecule has 0 radical (unpaired) electrons. The third kappa shape index (κ3) is 6.01. The maximum absolute atomic E-state index is 12.2. The average Bonchev–Trinajstić information content (AvgIpc) is 3.09. The molecule has 7 heteroatoms. The van der Waals surface area contributed by atoms with Gasteiger partial charge in [0.15, 0.2) is 5.79 Å². The van der Waals surface area contributed by atoms with E-state index in [1.807, 2.05) is 27.7 Å². The molecule has 2 unspecified atom stereocenters. The number of Topliss-reactive ketones (excluding diaryl/α,β-unsaturated/α-hetero) is 1. The summed E-state index contributed by atoms with van der Waals surface area (Å²) >= 11 is 0.